The van der Waals surface area contributed by atoms with E-state index in [0.29, 0.717) is 18.2 Å². The molecular weight excluding hydrogens is 434 g/mol. The van der Waals surface area contributed by atoms with E-state index in [9.17, 15) is 13.2 Å². The minimum absolute atomic E-state index is 0.102. The molecule has 29 heavy (non-hydrogen) atoms. The van der Waals surface area contributed by atoms with Crippen molar-refractivity contribution in [2.24, 2.45) is 0 Å². The van der Waals surface area contributed by atoms with E-state index in [4.69, 9.17) is 11.6 Å². The summed E-state index contributed by atoms with van der Waals surface area (Å²) in [6.07, 6.45) is 4.37. The molecule has 1 aromatic heterocycles. The van der Waals surface area contributed by atoms with Crippen LogP contribution in [0.4, 0.5) is 5.69 Å². The molecule has 0 unspecified atom stereocenters. The van der Waals surface area contributed by atoms with E-state index in [1.165, 1.54) is 34.3 Å². The van der Waals surface area contributed by atoms with E-state index in [-0.39, 0.29) is 33.3 Å². The average molecular weight is 458 g/mol. The van der Waals surface area contributed by atoms with E-state index >= 15 is 0 Å². The van der Waals surface area contributed by atoms with Gasteiger partial charge in [0.25, 0.3) is 0 Å². The Morgan fingerprint density at radius 2 is 2.00 bits per heavy atom. The molecule has 3 rings (SSSR count). The zero-order valence-corrected chi connectivity index (χ0v) is 18.7. The number of hydrogen-bond donors (Lipinski definition) is 1. The second-order valence-electron chi connectivity index (χ2n) is 7.06. The Kier molecular flexibility index (Phi) is 7.20. The summed E-state index contributed by atoms with van der Waals surface area (Å²) in [6.45, 7) is 5.03. The predicted octanol–water partition coefficient (Wildman–Crippen LogP) is 3.42. The number of aromatic nitrogens is 3. The maximum Gasteiger partial charge on any atom is 0.243 e. The third kappa shape index (κ3) is 5.30. The summed E-state index contributed by atoms with van der Waals surface area (Å²) in [5, 5.41) is 11.5. The lowest BCUT2D eigenvalue weighted by Gasteiger charge is -2.26. The van der Waals surface area contributed by atoms with Gasteiger partial charge in [-0.25, -0.2) is 8.42 Å². The van der Waals surface area contributed by atoms with Crippen molar-refractivity contribution in [3.63, 3.8) is 0 Å². The number of carbonyl (C=O) groups is 1. The molecule has 0 saturated carbocycles. The van der Waals surface area contributed by atoms with Gasteiger partial charge in [0.05, 0.1) is 21.4 Å². The van der Waals surface area contributed by atoms with E-state index in [1.54, 1.807) is 6.33 Å². The minimum atomic E-state index is -3.60. The fourth-order valence-electron chi connectivity index (χ4n) is 3.02. The molecule has 0 spiro atoms. The van der Waals surface area contributed by atoms with E-state index in [1.807, 2.05) is 18.4 Å². The zero-order valence-electron chi connectivity index (χ0n) is 16.3. The Morgan fingerprint density at radius 3 is 2.69 bits per heavy atom. The predicted molar refractivity (Wildman–Crippen MR) is 114 cm³/mol. The molecule has 2 aromatic rings. The van der Waals surface area contributed by atoms with Crippen LogP contribution in [0, 0.1) is 0 Å². The Bertz CT molecular complexity index is 972. The maximum atomic E-state index is 12.9. The Balaban J connectivity index is 1.69. The summed E-state index contributed by atoms with van der Waals surface area (Å²) in [5.41, 5.74) is 0.278. The third-order valence-corrected chi connectivity index (χ3v) is 7.78. The van der Waals surface area contributed by atoms with E-state index in [0.717, 1.165) is 19.3 Å². The number of benzene rings is 1. The number of nitrogens with one attached hydrogen (secondary N) is 1. The van der Waals surface area contributed by atoms with Gasteiger partial charge in [0, 0.05) is 19.1 Å². The Labute approximate surface area is 180 Å². The van der Waals surface area contributed by atoms with Crippen molar-refractivity contribution in [1.82, 2.24) is 19.1 Å². The number of nitrogens with zero attached hydrogens (tertiary/aromatic N) is 4. The number of halogens is 1. The van der Waals surface area contributed by atoms with Crippen LogP contribution in [0.2, 0.25) is 5.02 Å². The van der Waals surface area contributed by atoms with Crippen LogP contribution in [0.1, 0.15) is 39.2 Å². The summed E-state index contributed by atoms with van der Waals surface area (Å²) in [4.78, 5) is 12.5. The first-order valence-corrected chi connectivity index (χ1v) is 12.2. The number of sulfonamides is 1. The van der Waals surface area contributed by atoms with Gasteiger partial charge in [-0.3, -0.25) is 4.79 Å². The van der Waals surface area contributed by atoms with Crippen LogP contribution in [0.15, 0.2) is 34.6 Å². The molecule has 1 fully saturated rings. The summed E-state index contributed by atoms with van der Waals surface area (Å²) in [7, 11) is -3.60. The molecule has 1 amide bonds. The summed E-state index contributed by atoms with van der Waals surface area (Å²) < 4.78 is 29.1. The Hall–Kier alpha value is -1.62. The van der Waals surface area contributed by atoms with Gasteiger partial charge in [-0.05, 0) is 44.9 Å². The second-order valence-corrected chi connectivity index (χ2v) is 10.3. The molecular formula is C18H24ClN5O3S2. The maximum absolute atomic E-state index is 12.9. The molecule has 0 radical (unpaired) electrons. The molecule has 0 atom stereocenters. The molecule has 2 heterocycles. The number of amides is 1. The first-order valence-electron chi connectivity index (χ1n) is 9.41. The van der Waals surface area contributed by atoms with Gasteiger partial charge in [-0.15, -0.1) is 10.2 Å². The topological polar surface area (TPSA) is 97.2 Å². The summed E-state index contributed by atoms with van der Waals surface area (Å²) in [6, 6.07) is 4.57. The van der Waals surface area contributed by atoms with Crippen LogP contribution < -0.4 is 5.32 Å². The molecule has 8 nitrogen and oxygen atoms in total. The monoisotopic (exact) mass is 457 g/mol. The van der Waals surface area contributed by atoms with Gasteiger partial charge in [-0.2, -0.15) is 4.31 Å². The molecule has 11 heteroatoms. The average Bonchev–Trinajstić information content (AvgIpc) is 3.17. The normalized spacial score (nSPS) is 15.6. The van der Waals surface area contributed by atoms with Gasteiger partial charge in [0.1, 0.15) is 6.33 Å². The fourth-order valence-corrected chi connectivity index (χ4v) is 5.57. The van der Waals surface area contributed by atoms with E-state index < -0.39 is 10.0 Å². The second kappa shape index (κ2) is 9.46. The van der Waals surface area contributed by atoms with Crippen molar-refractivity contribution in [2.45, 2.75) is 49.2 Å². The van der Waals surface area contributed by atoms with Gasteiger partial charge in [0.15, 0.2) is 5.16 Å². The highest BCUT2D eigenvalue weighted by Gasteiger charge is 2.26. The summed E-state index contributed by atoms with van der Waals surface area (Å²) >= 11 is 7.44. The van der Waals surface area contributed by atoms with Crippen LogP contribution in [-0.4, -0.2) is 52.2 Å². The highest BCUT2D eigenvalue weighted by Crippen LogP contribution is 2.28. The van der Waals surface area contributed by atoms with Crippen LogP contribution >= 0.6 is 23.4 Å². The molecule has 0 aliphatic carbocycles. The third-order valence-electron chi connectivity index (χ3n) is 4.59. The minimum Gasteiger partial charge on any atom is -0.324 e. The smallest absolute Gasteiger partial charge is 0.243 e. The van der Waals surface area contributed by atoms with Crippen molar-refractivity contribution in [1.29, 1.82) is 0 Å². The zero-order chi connectivity index (χ0) is 21.0. The van der Waals surface area contributed by atoms with Crippen LogP contribution in [0.3, 0.4) is 0 Å². The molecule has 1 aromatic carbocycles. The summed E-state index contributed by atoms with van der Waals surface area (Å²) in [5.74, 6) is -0.201. The lowest BCUT2D eigenvalue weighted by Crippen LogP contribution is -2.35. The number of thioether (sulfide) groups is 1. The van der Waals surface area contributed by atoms with Gasteiger partial charge in [0.2, 0.25) is 15.9 Å². The molecule has 0 bridgehead atoms. The van der Waals surface area contributed by atoms with Crippen molar-refractivity contribution >= 4 is 45.0 Å². The van der Waals surface area contributed by atoms with Crippen molar-refractivity contribution < 1.29 is 13.2 Å². The fraction of sp³-hybridized carbons (Fsp3) is 0.500. The van der Waals surface area contributed by atoms with Crippen LogP contribution in [0.25, 0.3) is 0 Å². The van der Waals surface area contributed by atoms with Crippen molar-refractivity contribution in [3.8, 4) is 0 Å². The lowest BCUT2D eigenvalue weighted by atomic mass is 10.2. The lowest BCUT2D eigenvalue weighted by molar-refractivity contribution is -0.113. The van der Waals surface area contributed by atoms with Crippen LogP contribution in [-0.2, 0) is 14.8 Å². The molecule has 1 N–H and O–H groups in total. The number of anilines is 1. The van der Waals surface area contributed by atoms with Gasteiger partial charge < -0.3 is 9.88 Å². The quantitative estimate of drug-likeness (QED) is 0.640. The number of piperidine rings is 1. The van der Waals surface area contributed by atoms with Gasteiger partial charge in [-0.1, -0.05) is 29.8 Å². The highest BCUT2D eigenvalue weighted by atomic mass is 35.5. The molecule has 1 saturated heterocycles. The molecule has 1 aliphatic rings. The first-order chi connectivity index (χ1) is 13.8. The van der Waals surface area contributed by atoms with E-state index in [2.05, 4.69) is 15.5 Å². The SMILES string of the molecule is CC(C)n1cnnc1SCC(=O)Nc1cc(S(=O)(=O)N2CCCCC2)ccc1Cl. The Morgan fingerprint density at radius 1 is 1.28 bits per heavy atom. The van der Waals surface area contributed by atoms with Crippen molar-refractivity contribution in [3.05, 3.63) is 29.5 Å². The standard InChI is InChI=1S/C18H24ClN5O3S2/c1-13(2)24-12-20-22-18(24)28-11-17(25)21-16-10-14(6-7-15(16)19)29(26,27)23-8-4-3-5-9-23/h6-7,10,12-13H,3-5,8-9,11H2,1-2H3,(H,21,25). The molecule has 158 valence electrons. The largest absolute Gasteiger partial charge is 0.324 e. The number of hydrogen-bond acceptors (Lipinski definition) is 6. The van der Waals surface area contributed by atoms with Gasteiger partial charge >= 0.3 is 0 Å². The van der Waals surface area contributed by atoms with Crippen molar-refractivity contribution in [2.75, 3.05) is 24.2 Å². The number of carbonyl (C=O) groups excluding carboxylic acids is 1. The highest BCUT2D eigenvalue weighted by molar-refractivity contribution is 7.99. The first kappa shape index (κ1) is 22.1. The number of rotatable bonds is 7. The molecule has 1 aliphatic heterocycles. The van der Waals surface area contributed by atoms with Crippen LogP contribution in [0.5, 0.6) is 0 Å².